The number of hydrogen-bond acceptors (Lipinski definition) is 6. The number of rotatable bonds is 6. The van der Waals surface area contributed by atoms with Gasteiger partial charge in [-0.15, -0.1) is 0 Å². The summed E-state index contributed by atoms with van der Waals surface area (Å²) in [6.45, 7) is -16.1. The number of morpholine rings is 1. The van der Waals surface area contributed by atoms with Crippen LogP contribution in [0.4, 0.5) is 0 Å². The van der Waals surface area contributed by atoms with Gasteiger partial charge in [0.1, 0.15) is 18.4 Å². The van der Waals surface area contributed by atoms with E-state index in [4.69, 9.17) is 22.6 Å². The van der Waals surface area contributed by atoms with E-state index in [2.05, 4.69) is 4.74 Å². The van der Waals surface area contributed by atoms with Gasteiger partial charge in [0.2, 0.25) is 11.8 Å². The number of imide groups is 1. The first kappa shape index (κ1) is 11.3. The van der Waals surface area contributed by atoms with Crippen molar-refractivity contribution >= 4 is 17.7 Å². The van der Waals surface area contributed by atoms with Crippen LogP contribution in [-0.2, 0) is 34.0 Å². The average molecular weight is 463 g/mol. The summed E-state index contributed by atoms with van der Waals surface area (Å²) in [5.74, 6) is -3.86. The fraction of sp³-hybridized carbons (Fsp3) is 0.400. The minimum absolute atomic E-state index is 0.125. The van der Waals surface area contributed by atoms with Crippen LogP contribution in [0.1, 0.15) is 57.7 Å². The van der Waals surface area contributed by atoms with Gasteiger partial charge >= 0.3 is 0 Å². The van der Waals surface area contributed by atoms with E-state index in [0.29, 0.717) is 15.4 Å². The fourth-order valence-corrected chi connectivity index (χ4v) is 3.44. The van der Waals surface area contributed by atoms with Gasteiger partial charge in [-0.3, -0.25) is 24.6 Å². The van der Waals surface area contributed by atoms with Crippen LogP contribution in [0.2, 0.25) is 0 Å². The van der Waals surface area contributed by atoms with E-state index < -0.39 is 75.7 Å². The van der Waals surface area contributed by atoms with Gasteiger partial charge in [0.25, 0.3) is 5.91 Å². The van der Waals surface area contributed by atoms with Crippen LogP contribution in [0, 0.1) is 0 Å². The van der Waals surface area contributed by atoms with Crippen molar-refractivity contribution in [2.75, 3.05) is 26.1 Å². The van der Waals surface area contributed by atoms with Crippen molar-refractivity contribution in [2.24, 2.45) is 0 Å². The third-order valence-corrected chi connectivity index (χ3v) is 5.08. The molecule has 3 heterocycles. The van der Waals surface area contributed by atoms with E-state index in [1.165, 1.54) is 42.5 Å². The van der Waals surface area contributed by atoms with Crippen molar-refractivity contribution in [1.29, 1.82) is 0 Å². The quantitative estimate of drug-likeness (QED) is 0.660. The zero-order valence-corrected chi connectivity index (χ0v) is 17.1. The van der Waals surface area contributed by atoms with Crippen molar-refractivity contribution in [2.45, 2.75) is 38.5 Å². The zero-order valence-electron chi connectivity index (χ0n) is 30.1. The molecule has 0 radical (unpaired) electrons. The second-order valence-corrected chi connectivity index (χ2v) is 7.24. The van der Waals surface area contributed by atoms with Gasteiger partial charge < -0.3 is 14.4 Å². The molecule has 3 amide bonds. The molecule has 1 atom stereocenters. The van der Waals surface area contributed by atoms with Crippen LogP contribution in [-0.4, -0.2) is 59.7 Å². The Kier molecular flexibility index (Phi) is 3.18. The highest BCUT2D eigenvalue weighted by atomic mass is 16.5. The van der Waals surface area contributed by atoms with Crippen molar-refractivity contribution in [3.05, 3.63) is 64.7 Å². The summed E-state index contributed by atoms with van der Waals surface area (Å²) in [4.78, 5) is 38.7. The first-order valence-electron chi connectivity index (χ1n) is 16.4. The number of carbonyl (C=O) groups is 3. The molecule has 2 aromatic rings. The van der Waals surface area contributed by atoms with E-state index in [1.807, 2.05) is 0 Å². The molecule has 8 nitrogen and oxygen atoms in total. The first-order chi connectivity index (χ1) is 20.9. The average Bonchev–Trinajstić information content (AvgIpc) is 3.14. The van der Waals surface area contributed by atoms with E-state index in [1.54, 1.807) is 5.32 Å². The minimum Gasteiger partial charge on any atom is -0.489 e. The van der Waals surface area contributed by atoms with Crippen LogP contribution >= 0.6 is 0 Å². The van der Waals surface area contributed by atoms with E-state index in [-0.39, 0.29) is 29.0 Å². The van der Waals surface area contributed by atoms with Gasteiger partial charge in [-0.1, -0.05) is 30.3 Å². The zero-order chi connectivity index (χ0) is 34.5. The maximum atomic E-state index is 13.4. The lowest BCUT2D eigenvalue weighted by atomic mass is 10.0. The Morgan fingerprint density at radius 3 is 2.64 bits per heavy atom. The minimum atomic E-state index is -3.18. The molecule has 0 bridgehead atoms. The van der Waals surface area contributed by atoms with Gasteiger partial charge in [-0.25, -0.2) is 0 Å². The summed E-state index contributed by atoms with van der Waals surface area (Å²) in [6.07, 6.45) is -3.84. The molecular formula is C25H27N3O5. The Balaban J connectivity index is 1.36. The van der Waals surface area contributed by atoms with Crippen LogP contribution in [0.15, 0.2) is 42.5 Å². The smallest absolute Gasteiger partial charge is 0.255 e. The number of nitrogens with zero attached hydrogens (tertiary/aromatic N) is 2. The maximum Gasteiger partial charge on any atom is 0.255 e. The predicted octanol–water partition coefficient (Wildman–Crippen LogP) is 1.86. The molecule has 3 aliphatic rings. The lowest BCUT2D eigenvalue weighted by molar-refractivity contribution is -0.136. The summed E-state index contributed by atoms with van der Waals surface area (Å²) in [5, 5.41) is 1.71. The molecule has 2 aromatic carbocycles. The number of fused-ring (bicyclic) bond motifs is 1. The summed E-state index contributed by atoms with van der Waals surface area (Å²) in [6, 6.07) is 7.10. The molecule has 0 saturated carbocycles. The van der Waals surface area contributed by atoms with E-state index in [9.17, 15) is 14.4 Å². The van der Waals surface area contributed by atoms with Gasteiger partial charge in [0.05, 0.1) is 29.2 Å². The molecule has 0 aliphatic carbocycles. The maximum absolute atomic E-state index is 13.4. The van der Waals surface area contributed by atoms with Crippen LogP contribution in [0.5, 0.6) is 5.75 Å². The summed E-state index contributed by atoms with van der Waals surface area (Å²) >= 11 is 0. The molecule has 5 rings (SSSR count). The normalized spacial score (nSPS) is 38.4. The standard InChI is InChI=1S/C25H27N3O5/c29-23-9-8-21(24(30)26-23)28-15-20-19(25(28)31)2-1-3-22(20)33-16-18-6-4-17(5-7-18)14-27-10-12-32-13-11-27/h1-7,21H,8-16H2,(H,26,29,30)/i9D2,10D2,11D2,12D2,13D2,15D2,21D. The monoisotopic (exact) mass is 462 g/mol. The second kappa shape index (κ2) is 9.33. The Bertz CT molecular complexity index is 1590. The molecule has 3 aliphatic heterocycles. The third-order valence-electron chi connectivity index (χ3n) is 5.08. The molecule has 1 unspecified atom stereocenters. The van der Waals surface area contributed by atoms with Crippen molar-refractivity contribution in [3.63, 3.8) is 0 Å². The van der Waals surface area contributed by atoms with Crippen molar-refractivity contribution < 1.29 is 41.7 Å². The number of ether oxygens (including phenoxy) is 2. The Morgan fingerprint density at radius 2 is 1.85 bits per heavy atom. The largest absolute Gasteiger partial charge is 0.489 e. The topological polar surface area (TPSA) is 88.2 Å². The fourth-order valence-electron chi connectivity index (χ4n) is 3.44. The van der Waals surface area contributed by atoms with Crippen LogP contribution < -0.4 is 10.1 Å². The number of carbonyl (C=O) groups excluding carboxylic acids is 3. The van der Waals surface area contributed by atoms with Crippen LogP contribution in [0.3, 0.4) is 0 Å². The number of benzene rings is 2. The molecule has 2 saturated heterocycles. The molecule has 2 fully saturated rings. The number of nitrogens with one attached hydrogen (secondary N) is 1. The van der Waals surface area contributed by atoms with Gasteiger partial charge in [-0.05, 0) is 29.7 Å². The highest BCUT2D eigenvalue weighted by Crippen LogP contribution is 2.34. The number of hydrogen-bond donors (Lipinski definition) is 1. The van der Waals surface area contributed by atoms with Gasteiger partial charge in [0.15, 0.2) is 0 Å². The molecule has 0 spiro atoms. The Hall–Kier alpha value is -3.23. The number of piperidine rings is 1. The predicted molar refractivity (Wildman–Crippen MR) is 119 cm³/mol. The van der Waals surface area contributed by atoms with Gasteiger partial charge in [-0.2, -0.15) is 0 Å². The van der Waals surface area contributed by atoms with E-state index >= 15 is 0 Å². The summed E-state index contributed by atoms with van der Waals surface area (Å²) in [5.41, 5.74) is 0.211. The van der Waals surface area contributed by atoms with E-state index in [0.717, 1.165) is 0 Å². The summed E-state index contributed by atoms with van der Waals surface area (Å²) in [7, 11) is 0. The first-order valence-corrected chi connectivity index (χ1v) is 9.93. The highest BCUT2D eigenvalue weighted by Gasteiger charge is 2.40. The van der Waals surface area contributed by atoms with Crippen molar-refractivity contribution in [1.82, 2.24) is 15.1 Å². The summed E-state index contributed by atoms with van der Waals surface area (Å²) < 4.78 is 116. The molecular weight excluding hydrogens is 422 g/mol. The second-order valence-electron chi connectivity index (χ2n) is 7.24. The number of amides is 3. The Labute approximate surface area is 210 Å². The molecule has 33 heavy (non-hydrogen) atoms. The lowest BCUT2D eigenvalue weighted by Crippen LogP contribution is -2.52. The molecule has 8 heteroatoms. The van der Waals surface area contributed by atoms with Gasteiger partial charge in [0, 0.05) is 45.3 Å². The SMILES string of the molecule is [2H]C1([2H])CC([2H])(N2C(=O)c3cccc(OCc4ccc(CN5C([2H])([2H])C([2H])([2H])OC([2H])([2H])C5([2H])[2H])cc4)c3C2([2H])[2H])C(=O)NC1=O. The Morgan fingerprint density at radius 1 is 1.09 bits per heavy atom. The molecule has 172 valence electrons. The third kappa shape index (κ3) is 4.62. The highest BCUT2D eigenvalue weighted by molar-refractivity contribution is 6.05. The van der Waals surface area contributed by atoms with Crippen LogP contribution in [0.25, 0.3) is 0 Å². The molecule has 1 N–H and O–H groups in total. The van der Waals surface area contributed by atoms with Crippen molar-refractivity contribution in [3.8, 4) is 5.75 Å². The lowest BCUT2D eigenvalue weighted by Gasteiger charge is -2.29. The molecule has 0 aromatic heterocycles.